The average molecular weight is 271 g/mol. The second-order valence-electron chi connectivity index (χ2n) is 2.84. The van der Waals surface area contributed by atoms with Crippen molar-refractivity contribution in [3.05, 3.63) is 41.7 Å². The monoisotopic (exact) mass is 270 g/mol. The van der Waals surface area contributed by atoms with Crippen molar-refractivity contribution in [3.8, 4) is 0 Å². The van der Waals surface area contributed by atoms with Crippen LogP contribution >= 0.6 is 15.9 Å². The zero-order valence-corrected chi connectivity index (χ0v) is 9.61. The van der Waals surface area contributed by atoms with Gasteiger partial charge in [-0.15, -0.1) is 0 Å². The van der Waals surface area contributed by atoms with Gasteiger partial charge in [0.15, 0.2) is 6.61 Å². The number of benzene rings is 1. The molecule has 1 N–H and O–H groups in total. The third kappa shape index (κ3) is 4.65. The van der Waals surface area contributed by atoms with Crippen LogP contribution in [-0.4, -0.2) is 23.0 Å². The summed E-state index contributed by atoms with van der Waals surface area (Å²) in [6, 6.07) is 9.59. The lowest BCUT2D eigenvalue weighted by Gasteiger charge is -2.05. The fourth-order valence-corrected chi connectivity index (χ4v) is 1.33. The molecule has 1 aromatic carbocycles. The van der Waals surface area contributed by atoms with Crippen LogP contribution in [0.15, 0.2) is 36.1 Å². The molecule has 0 saturated heterocycles. The third-order valence-electron chi connectivity index (χ3n) is 1.64. The van der Waals surface area contributed by atoms with E-state index in [2.05, 4.69) is 15.9 Å². The molecule has 0 heterocycles. The van der Waals surface area contributed by atoms with Crippen LogP contribution in [0, 0.1) is 0 Å². The van der Waals surface area contributed by atoms with E-state index in [4.69, 9.17) is 9.84 Å². The van der Waals surface area contributed by atoms with Crippen LogP contribution in [0.2, 0.25) is 0 Å². The lowest BCUT2D eigenvalue weighted by Crippen LogP contribution is -2.07. The van der Waals surface area contributed by atoms with Crippen molar-refractivity contribution in [3.63, 3.8) is 0 Å². The molecule has 0 aliphatic carbocycles. The molecule has 15 heavy (non-hydrogen) atoms. The van der Waals surface area contributed by atoms with E-state index in [1.54, 1.807) is 6.08 Å². The number of halogens is 1. The van der Waals surface area contributed by atoms with Crippen LogP contribution in [0.4, 0.5) is 0 Å². The molecule has 0 spiro atoms. The molecule has 80 valence electrons. The summed E-state index contributed by atoms with van der Waals surface area (Å²) in [5.41, 5.74) is 0.984. The normalized spacial score (nSPS) is 11.1. The van der Waals surface area contributed by atoms with Gasteiger partial charge in [0.1, 0.15) is 5.76 Å². The number of hydrogen-bond acceptors (Lipinski definition) is 2. The topological polar surface area (TPSA) is 46.5 Å². The van der Waals surface area contributed by atoms with Crippen LogP contribution in [-0.2, 0) is 9.53 Å². The minimum absolute atomic E-state index is 0.315. The fourth-order valence-electron chi connectivity index (χ4n) is 1.01. The van der Waals surface area contributed by atoms with E-state index in [0.717, 1.165) is 5.56 Å². The molecule has 0 saturated carbocycles. The van der Waals surface area contributed by atoms with E-state index in [9.17, 15) is 4.79 Å². The molecule has 0 unspecified atom stereocenters. The maximum absolute atomic E-state index is 10.3. The predicted molar refractivity (Wildman–Crippen MR) is 61.8 cm³/mol. The van der Waals surface area contributed by atoms with Gasteiger partial charge in [-0.3, -0.25) is 0 Å². The Hall–Kier alpha value is -1.29. The van der Waals surface area contributed by atoms with E-state index in [-0.39, 0.29) is 6.61 Å². The first-order chi connectivity index (χ1) is 7.22. The molecule has 0 atom stereocenters. The van der Waals surface area contributed by atoms with Gasteiger partial charge in [-0.2, -0.15) is 0 Å². The van der Waals surface area contributed by atoms with Crippen molar-refractivity contribution in [1.82, 2.24) is 0 Å². The Bertz CT molecular complexity index is 346. The van der Waals surface area contributed by atoms with Crippen LogP contribution < -0.4 is 0 Å². The van der Waals surface area contributed by atoms with Gasteiger partial charge in [-0.25, -0.2) is 4.79 Å². The van der Waals surface area contributed by atoms with Crippen molar-refractivity contribution in [2.24, 2.45) is 0 Å². The number of allylic oxidation sites excluding steroid dienone is 1. The maximum Gasteiger partial charge on any atom is 0.341 e. The number of hydrogen-bond donors (Lipinski definition) is 1. The summed E-state index contributed by atoms with van der Waals surface area (Å²) < 4.78 is 5.07. The summed E-state index contributed by atoms with van der Waals surface area (Å²) in [6.07, 6.45) is 1.80. The molecule has 0 aliphatic heterocycles. The number of carboxylic acid groups (broad SMARTS) is 1. The lowest BCUT2D eigenvalue weighted by molar-refractivity contribution is -0.140. The molecule has 0 aliphatic rings. The summed E-state index contributed by atoms with van der Waals surface area (Å²) in [5, 5.41) is 8.95. The molecular formula is C11H11BrO3. The highest BCUT2D eigenvalue weighted by molar-refractivity contribution is 9.09. The zero-order chi connectivity index (χ0) is 11.1. The molecule has 0 radical (unpaired) electrons. The highest BCUT2D eigenvalue weighted by Gasteiger charge is 2.01. The molecule has 4 heteroatoms. The number of carboxylic acids is 1. The van der Waals surface area contributed by atoms with Gasteiger partial charge in [0, 0.05) is 0 Å². The minimum Gasteiger partial charge on any atom is -0.485 e. The molecule has 1 aromatic rings. The van der Waals surface area contributed by atoms with E-state index < -0.39 is 5.97 Å². The van der Waals surface area contributed by atoms with Gasteiger partial charge in [0.2, 0.25) is 0 Å². The molecule has 3 nitrogen and oxygen atoms in total. The number of carbonyl (C=O) groups is 1. The summed E-state index contributed by atoms with van der Waals surface area (Å²) >= 11 is 3.24. The number of aliphatic carboxylic acids is 1. The van der Waals surface area contributed by atoms with Crippen LogP contribution in [0.25, 0.3) is 6.08 Å². The molecule has 0 aromatic heterocycles. The summed E-state index contributed by atoms with van der Waals surface area (Å²) in [6.45, 7) is -0.315. The van der Waals surface area contributed by atoms with Gasteiger partial charge in [-0.05, 0) is 11.6 Å². The first kappa shape index (κ1) is 11.8. The summed E-state index contributed by atoms with van der Waals surface area (Å²) in [5.74, 6) is -0.376. The SMILES string of the molecule is O=C(O)CO/C(=C\c1ccccc1)CBr. The van der Waals surface area contributed by atoms with Gasteiger partial charge in [-0.1, -0.05) is 46.3 Å². The van der Waals surface area contributed by atoms with Crippen LogP contribution in [0.3, 0.4) is 0 Å². The van der Waals surface area contributed by atoms with Gasteiger partial charge in [0.05, 0.1) is 5.33 Å². The smallest absolute Gasteiger partial charge is 0.341 e. The fraction of sp³-hybridized carbons (Fsp3) is 0.182. The first-order valence-electron chi connectivity index (χ1n) is 4.38. The Balaban J connectivity index is 2.65. The Morgan fingerprint density at radius 3 is 2.60 bits per heavy atom. The predicted octanol–water partition coefficient (Wildman–Crippen LogP) is 2.52. The summed E-state index contributed by atoms with van der Waals surface area (Å²) in [7, 11) is 0. The second kappa shape index (κ2) is 6.24. The van der Waals surface area contributed by atoms with Gasteiger partial charge < -0.3 is 9.84 Å². The van der Waals surface area contributed by atoms with E-state index in [0.29, 0.717) is 11.1 Å². The molecule has 1 rings (SSSR count). The van der Waals surface area contributed by atoms with Crippen molar-refractivity contribution < 1.29 is 14.6 Å². The van der Waals surface area contributed by atoms with Gasteiger partial charge in [0.25, 0.3) is 0 Å². The number of ether oxygens (including phenoxy) is 1. The largest absolute Gasteiger partial charge is 0.485 e. The Labute approximate surface area is 96.5 Å². The Morgan fingerprint density at radius 1 is 1.40 bits per heavy atom. The van der Waals surface area contributed by atoms with E-state index >= 15 is 0 Å². The van der Waals surface area contributed by atoms with E-state index in [1.165, 1.54) is 0 Å². The second-order valence-corrected chi connectivity index (χ2v) is 3.40. The van der Waals surface area contributed by atoms with Crippen LogP contribution in [0.1, 0.15) is 5.56 Å². The Kier molecular flexibility index (Phi) is 4.90. The lowest BCUT2D eigenvalue weighted by atomic mass is 10.2. The highest BCUT2D eigenvalue weighted by Crippen LogP contribution is 2.09. The summed E-state index contributed by atoms with van der Waals surface area (Å²) in [4.78, 5) is 10.3. The Morgan fingerprint density at radius 2 is 2.07 bits per heavy atom. The minimum atomic E-state index is -0.977. The molecule has 0 fully saturated rings. The standard InChI is InChI=1S/C11H11BrO3/c12-7-10(15-8-11(13)14)6-9-4-2-1-3-5-9/h1-6H,7-8H2,(H,13,14)/b10-6-. The van der Waals surface area contributed by atoms with E-state index in [1.807, 2.05) is 30.3 Å². The van der Waals surface area contributed by atoms with Crippen molar-refractivity contribution in [2.75, 3.05) is 11.9 Å². The average Bonchev–Trinajstić information content (AvgIpc) is 2.25. The quantitative estimate of drug-likeness (QED) is 0.661. The zero-order valence-electron chi connectivity index (χ0n) is 8.02. The van der Waals surface area contributed by atoms with Crippen molar-refractivity contribution in [1.29, 1.82) is 0 Å². The first-order valence-corrected chi connectivity index (χ1v) is 5.50. The number of rotatable bonds is 5. The van der Waals surface area contributed by atoms with Crippen LogP contribution in [0.5, 0.6) is 0 Å². The molecular weight excluding hydrogens is 260 g/mol. The van der Waals surface area contributed by atoms with Gasteiger partial charge >= 0.3 is 5.97 Å². The molecule has 0 bridgehead atoms. The molecule has 0 amide bonds. The third-order valence-corrected chi connectivity index (χ3v) is 2.19. The maximum atomic E-state index is 10.3. The van der Waals surface area contributed by atoms with Crippen molar-refractivity contribution in [2.45, 2.75) is 0 Å². The number of alkyl halides is 1. The van der Waals surface area contributed by atoms with Crippen molar-refractivity contribution >= 4 is 28.0 Å². The highest BCUT2D eigenvalue weighted by atomic mass is 79.9.